The van der Waals surface area contributed by atoms with E-state index in [0.29, 0.717) is 10.6 Å². The van der Waals surface area contributed by atoms with Gasteiger partial charge in [0.2, 0.25) is 0 Å². The first-order chi connectivity index (χ1) is 11.2. The van der Waals surface area contributed by atoms with Crippen LogP contribution in [0.4, 0.5) is 18.3 Å². The number of hydrogen-bond acceptors (Lipinski definition) is 4. The number of rotatable bonds is 2. The molecule has 0 atom stereocenters. The number of benzene rings is 1. The average molecular weight is 419 g/mol. The predicted molar refractivity (Wildman–Crippen MR) is 88.2 cm³/mol. The minimum Gasteiger partial charge on any atom is -0.296 e. The Morgan fingerprint density at radius 1 is 1.38 bits per heavy atom. The quantitative estimate of drug-likeness (QED) is 0.671. The van der Waals surface area contributed by atoms with E-state index in [1.165, 1.54) is 18.4 Å². The zero-order valence-corrected chi connectivity index (χ0v) is 14.8. The molecule has 3 rings (SSSR count). The van der Waals surface area contributed by atoms with E-state index in [1.54, 1.807) is 0 Å². The van der Waals surface area contributed by atoms with Gasteiger partial charge in [-0.05, 0) is 40.5 Å². The number of fused-ring (bicyclic) bond motifs is 1. The van der Waals surface area contributed by atoms with Crippen molar-refractivity contribution in [2.24, 2.45) is 7.05 Å². The van der Waals surface area contributed by atoms with Crippen molar-refractivity contribution < 1.29 is 18.0 Å². The number of carbonyl (C=O) groups excluding carboxylic acids is 1. The second-order valence-electron chi connectivity index (χ2n) is 5.08. The van der Waals surface area contributed by atoms with Crippen molar-refractivity contribution >= 4 is 48.5 Å². The molecule has 10 heteroatoms. The van der Waals surface area contributed by atoms with E-state index in [2.05, 4.69) is 31.3 Å². The van der Waals surface area contributed by atoms with Crippen LogP contribution >= 0.6 is 27.3 Å². The van der Waals surface area contributed by atoms with E-state index in [1.807, 2.05) is 25.1 Å². The van der Waals surface area contributed by atoms with Crippen LogP contribution in [0, 0.1) is 6.92 Å². The van der Waals surface area contributed by atoms with Crippen LogP contribution in [0.15, 0.2) is 22.7 Å². The molecule has 0 radical (unpaired) electrons. The number of amides is 1. The Kier molecular flexibility index (Phi) is 4.12. The van der Waals surface area contributed by atoms with Crippen molar-refractivity contribution in [1.29, 1.82) is 0 Å². The van der Waals surface area contributed by atoms with Gasteiger partial charge in [-0.1, -0.05) is 17.4 Å². The summed E-state index contributed by atoms with van der Waals surface area (Å²) >= 11 is 4.06. The van der Waals surface area contributed by atoms with E-state index in [4.69, 9.17) is 0 Å². The molecular weight excluding hydrogens is 409 g/mol. The highest BCUT2D eigenvalue weighted by molar-refractivity contribution is 9.10. The maximum absolute atomic E-state index is 12.9. The number of aryl methyl sites for hydroxylation is 2. The molecule has 0 saturated heterocycles. The van der Waals surface area contributed by atoms with Crippen LogP contribution in [0.1, 0.15) is 21.7 Å². The summed E-state index contributed by atoms with van der Waals surface area (Å²) in [7, 11) is 1.27. The second-order valence-corrected chi connectivity index (χ2v) is 6.90. The first-order valence-corrected chi connectivity index (χ1v) is 8.26. The Labute approximate surface area is 146 Å². The van der Waals surface area contributed by atoms with Crippen LogP contribution in [-0.4, -0.2) is 20.7 Å². The topological polar surface area (TPSA) is 59.8 Å². The minimum absolute atomic E-state index is 0.224. The number of thiazole rings is 1. The monoisotopic (exact) mass is 418 g/mol. The molecule has 0 aliphatic rings. The van der Waals surface area contributed by atoms with Crippen LogP contribution in [0.5, 0.6) is 0 Å². The summed E-state index contributed by atoms with van der Waals surface area (Å²) in [6, 6.07) is 5.63. The number of anilines is 1. The molecule has 1 amide bonds. The van der Waals surface area contributed by atoms with Gasteiger partial charge in [-0.15, -0.1) is 0 Å². The highest BCUT2D eigenvalue weighted by atomic mass is 79.9. The number of aromatic nitrogens is 3. The largest absolute Gasteiger partial charge is 0.436 e. The Morgan fingerprint density at radius 2 is 2.08 bits per heavy atom. The fourth-order valence-electron chi connectivity index (χ4n) is 2.17. The summed E-state index contributed by atoms with van der Waals surface area (Å²) in [5.74, 6) is -0.719. The zero-order valence-electron chi connectivity index (χ0n) is 12.4. The molecular formula is C14H10BrF3N4OS. The summed E-state index contributed by atoms with van der Waals surface area (Å²) in [6.07, 6.45) is -4.65. The van der Waals surface area contributed by atoms with Crippen LogP contribution in [-0.2, 0) is 13.2 Å². The molecule has 126 valence electrons. The highest BCUT2D eigenvalue weighted by Gasteiger charge is 2.39. The summed E-state index contributed by atoms with van der Waals surface area (Å²) in [6.45, 7) is 1.93. The van der Waals surface area contributed by atoms with Crippen molar-refractivity contribution in [2.45, 2.75) is 13.1 Å². The van der Waals surface area contributed by atoms with E-state index < -0.39 is 22.3 Å². The van der Waals surface area contributed by atoms with Gasteiger partial charge in [-0.25, -0.2) is 4.98 Å². The molecule has 2 heterocycles. The fraction of sp³-hybridized carbons (Fsp3) is 0.214. The smallest absolute Gasteiger partial charge is 0.296 e. The maximum Gasteiger partial charge on any atom is 0.436 e. The van der Waals surface area contributed by atoms with Crippen molar-refractivity contribution in [3.8, 4) is 0 Å². The molecule has 0 aliphatic heterocycles. The molecule has 0 bridgehead atoms. The minimum atomic E-state index is -4.65. The van der Waals surface area contributed by atoms with Crippen LogP contribution in [0.2, 0.25) is 0 Å². The summed E-state index contributed by atoms with van der Waals surface area (Å²) < 4.78 is 40.0. The predicted octanol–water partition coefficient (Wildman–Crippen LogP) is 4.37. The normalized spacial score (nSPS) is 11.9. The van der Waals surface area contributed by atoms with Gasteiger partial charge in [0.05, 0.1) is 14.7 Å². The fourth-order valence-corrected chi connectivity index (χ4v) is 3.87. The Hall–Kier alpha value is -1.94. The van der Waals surface area contributed by atoms with Gasteiger partial charge >= 0.3 is 6.18 Å². The first kappa shape index (κ1) is 16.9. The molecule has 3 aromatic rings. The van der Waals surface area contributed by atoms with Crippen molar-refractivity contribution in [3.63, 3.8) is 0 Å². The first-order valence-electron chi connectivity index (χ1n) is 6.65. The third-order valence-corrected chi connectivity index (χ3v) is 4.92. The Morgan fingerprint density at radius 3 is 2.71 bits per heavy atom. The number of nitrogens with one attached hydrogen (secondary N) is 1. The van der Waals surface area contributed by atoms with E-state index in [-0.39, 0.29) is 5.69 Å². The number of nitrogens with zero attached hydrogens (tertiary/aromatic N) is 3. The lowest BCUT2D eigenvalue weighted by atomic mass is 10.2. The molecule has 24 heavy (non-hydrogen) atoms. The molecule has 0 aliphatic carbocycles. The molecule has 5 nitrogen and oxygen atoms in total. The molecule has 0 fully saturated rings. The number of halogens is 4. The standard InChI is InChI=1S/C14H10BrF3N4OS/c1-6-3-4-7-8(5-6)24-13(19-7)20-12(23)10-9(15)11(14(16,17)18)21-22(10)2/h3-5H,1-2H3,(H,19,20,23). The Bertz CT molecular complexity index is 948. The molecule has 0 saturated carbocycles. The SMILES string of the molecule is Cc1ccc2nc(NC(=O)c3c(Br)c(C(F)(F)F)nn3C)sc2c1. The van der Waals surface area contributed by atoms with Gasteiger partial charge in [0.1, 0.15) is 5.69 Å². The summed E-state index contributed by atoms with van der Waals surface area (Å²) in [5.41, 5.74) is 0.391. The molecule has 0 spiro atoms. The van der Waals surface area contributed by atoms with Gasteiger partial charge < -0.3 is 0 Å². The number of hydrogen-bond donors (Lipinski definition) is 1. The summed E-state index contributed by atoms with van der Waals surface area (Å²) in [4.78, 5) is 16.6. The lowest BCUT2D eigenvalue weighted by molar-refractivity contribution is -0.142. The third-order valence-electron chi connectivity index (χ3n) is 3.24. The number of carbonyl (C=O) groups is 1. The van der Waals surface area contributed by atoms with Gasteiger partial charge in [-0.3, -0.25) is 14.8 Å². The maximum atomic E-state index is 12.9. The zero-order chi connectivity index (χ0) is 17.6. The van der Waals surface area contributed by atoms with Gasteiger partial charge in [0.25, 0.3) is 5.91 Å². The molecule has 1 aromatic carbocycles. The third kappa shape index (κ3) is 3.03. The summed E-state index contributed by atoms with van der Waals surface area (Å²) in [5, 5.41) is 6.20. The van der Waals surface area contributed by atoms with Crippen molar-refractivity contribution in [1.82, 2.24) is 14.8 Å². The van der Waals surface area contributed by atoms with E-state index in [0.717, 1.165) is 14.9 Å². The molecule has 1 N–H and O–H groups in total. The Balaban J connectivity index is 1.93. The second kappa shape index (κ2) is 5.85. The van der Waals surface area contributed by atoms with Crippen LogP contribution in [0.25, 0.3) is 10.2 Å². The molecule has 0 unspecified atom stereocenters. The van der Waals surface area contributed by atoms with Crippen LogP contribution in [0.3, 0.4) is 0 Å². The van der Waals surface area contributed by atoms with E-state index >= 15 is 0 Å². The highest BCUT2D eigenvalue weighted by Crippen LogP contribution is 2.36. The lowest BCUT2D eigenvalue weighted by Gasteiger charge is -2.03. The van der Waals surface area contributed by atoms with Crippen molar-refractivity contribution in [3.05, 3.63) is 39.6 Å². The van der Waals surface area contributed by atoms with Gasteiger partial charge in [0.15, 0.2) is 10.8 Å². The van der Waals surface area contributed by atoms with E-state index in [9.17, 15) is 18.0 Å². The molecule has 2 aromatic heterocycles. The van der Waals surface area contributed by atoms with Gasteiger partial charge in [-0.2, -0.15) is 18.3 Å². The number of alkyl halides is 3. The van der Waals surface area contributed by atoms with Crippen LogP contribution < -0.4 is 5.32 Å². The van der Waals surface area contributed by atoms with Crippen molar-refractivity contribution in [2.75, 3.05) is 5.32 Å². The average Bonchev–Trinajstić information content (AvgIpc) is 2.97. The lowest BCUT2D eigenvalue weighted by Crippen LogP contribution is -2.16. The van der Waals surface area contributed by atoms with Gasteiger partial charge in [0, 0.05) is 7.05 Å².